The maximum atomic E-state index is 9.31. The van der Waals surface area contributed by atoms with Crippen molar-refractivity contribution in [3.8, 4) is 11.5 Å². The number of hydrogen-bond acceptors (Lipinski definition) is 4. The Bertz CT molecular complexity index is 322. The number of ether oxygens (including phenoxy) is 2. The van der Waals surface area contributed by atoms with Gasteiger partial charge in [-0.05, 0) is 37.1 Å². The van der Waals surface area contributed by atoms with E-state index in [4.69, 9.17) is 9.47 Å². The van der Waals surface area contributed by atoms with Gasteiger partial charge in [0, 0.05) is 5.41 Å². The van der Waals surface area contributed by atoms with Crippen LogP contribution in [0.15, 0.2) is 24.3 Å². The SMILES string of the molecule is CCC(CO)(CO)CCOc1ccc(OC)cc1. The Hall–Kier alpha value is -1.26. The minimum absolute atomic E-state index is 0.0219. The van der Waals surface area contributed by atoms with E-state index in [-0.39, 0.29) is 13.2 Å². The van der Waals surface area contributed by atoms with Crippen LogP contribution in [0.4, 0.5) is 0 Å². The lowest BCUT2D eigenvalue weighted by Gasteiger charge is -2.28. The molecular formula is C14H22O4. The normalized spacial score (nSPS) is 11.3. The van der Waals surface area contributed by atoms with Gasteiger partial charge in [0.15, 0.2) is 0 Å². The fraction of sp³-hybridized carbons (Fsp3) is 0.571. The van der Waals surface area contributed by atoms with E-state index in [2.05, 4.69) is 0 Å². The second-order valence-corrected chi connectivity index (χ2v) is 4.44. The Morgan fingerprint density at radius 1 is 1.06 bits per heavy atom. The van der Waals surface area contributed by atoms with Crippen molar-refractivity contribution in [3.63, 3.8) is 0 Å². The topological polar surface area (TPSA) is 58.9 Å². The molecule has 0 saturated heterocycles. The van der Waals surface area contributed by atoms with Crippen LogP contribution < -0.4 is 9.47 Å². The van der Waals surface area contributed by atoms with Crippen molar-refractivity contribution < 1.29 is 19.7 Å². The van der Waals surface area contributed by atoms with Crippen LogP contribution in [0, 0.1) is 5.41 Å². The summed E-state index contributed by atoms with van der Waals surface area (Å²) in [4.78, 5) is 0. The van der Waals surface area contributed by atoms with Crippen molar-refractivity contribution in [3.05, 3.63) is 24.3 Å². The molecule has 4 nitrogen and oxygen atoms in total. The first-order valence-electron chi connectivity index (χ1n) is 6.18. The predicted octanol–water partition coefficient (Wildman–Crippen LogP) is 1.85. The predicted molar refractivity (Wildman–Crippen MR) is 70.0 cm³/mol. The Morgan fingerprint density at radius 2 is 1.61 bits per heavy atom. The fourth-order valence-electron chi connectivity index (χ4n) is 1.67. The van der Waals surface area contributed by atoms with Gasteiger partial charge in [-0.1, -0.05) is 6.92 Å². The maximum Gasteiger partial charge on any atom is 0.119 e. The summed E-state index contributed by atoms with van der Waals surface area (Å²) in [5, 5.41) is 18.6. The molecule has 0 aliphatic rings. The molecular weight excluding hydrogens is 232 g/mol. The van der Waals surface area contributed by atoms with Gasteiger partial charge in [0.1, 0.15) is 11.5 Å². The fourth-order valence-corrected chi connectivity index (χ4v) is 1.67. The zero-order chi connectivity index (χ0) is 13.4. The summed E-state index contributed by atoms with van der Waals surface area (Å²) in [6.45, 7) is 2.39. The van der Waals surface area contributed by atoms with Crippen molar-refractivity contribution >= 4 is 0 Å². The Balaban J connectivity index is 2.44. The van der Waals surface area contributed by atoms with Gasteiger partial charge in [0.05, 0.1) is 26.9 Å². The first-order valence-corrected chi connectivity index (χ1v) is 6.18. The van der Waals surface area contributed by atoms with E-state index >= 15 is 0 Å². The van der Waals surface area contributed by atoms with Gasteiger partial charge < -0.3 is 19.7 Å². The number of benzene rings is 1. The molecule has 0 radical (unpaired) electrons. The molecule has 1 rings (SSSR count). The zero-order valence-corrected chi connectivity index (χ0v) is 11.1. The lowest BCUT2D eigenvalue weighted by Crippen LogP contribution is -2.31. The molecule has 0 spiro atoms. The summed E-state index contributed by atoms with van der Waals surface area (Å²) in [5.41, 5.74) is -0.438. The largest absolute Gasteiger partial charge is 0.497 e. The molecule has 0 aromatic heterocycles. The quantitative estimate of drug-likeness (QED) is 0.743. The number of rotatable bonds is 8. The van der Waals surface area contributed by atoms with Crippen molar-refractivity contribution in [1.82, 2.24) is 0 Å². The van der Waals surface area contributed by atoms with Gasteiger partial charge in [-0.2, -0.15) is 0 Å². The smallest absolute Gasteiger partial charge is 0.119 e. The van der Waals surface area contributed by atoms with Crippen LogP contribution in [-0.2, 0) is 0 Å². The van der Waals surface area contributed by atoms with Gasteiger partial charge in [0.25, 0.3) is 0 Å². The van der Waals surface area contributed by atoms with Crippen LogP contribution in [-0.4, -0.2) is 37.1 Å². The van der Waals surface area contributed by atoms with Gasteiger partial charge in [-0.3, -0.25) is 0 Å². The molecule has 102 valence electrons. The monoisotopic (exact) mass is 254 g/mol. The Kier molecular flexibility index (Phi) is 5.95. The van der Waals surface area contributed by atoms with Crippen LogP contribution in [0.25, 0.3) is 0 Å². The zero-order valence-electron chi connectivity index (χ0n) is 11.1. The third-order valence-corrected chi connectivity index (χ3v) is 3.38. The highest BCUT2D eigenvalue weighted by Crippen LogP contribution is 2.25. The van der Waals surface area contributed by atoms with Gasteiger partial charge >= 0.3 is 0 Å². The molecule has 0 atom stereocenters. The van der Waals surface area contributed by atoms with E-state index in [1.807, 2.05) is 31.2 Å². The summed E-state index contributed by atoms with van der Waals surface area (Å²) in [6, 6.07) is 7.34. The third kappa shape index (κ3) is 3.89. The van der Waals surface area contributed by atoms with Crippen LogP contribution in [0.2, 0.25) is 0 Å². The summed E-state index contributed by atoms with van der Waals surface area (Å²) < 4.78 is 10.6. The van der Waals surface area contributed by atoms with Gasteiger partial charge in [0.2, 0.25) is 0 Å². The first-order chi connectivity index (χ1) is 8.69. The summed E-state index contributed by atoms with van der Waals surface area (Å²) in [7, 11) is 1.62. The molecule has 2 N–H and O–H groups in total. The Morgan fingerprint density at radius 3 is 2.06 bits per heavy atom. The highest BCUT2D eigenvalue weighted by molar-refractivity contribution is 5.31. The van der Waals surface area contributed by atoms with Gasteiger partial charge in [-0.25, -0.2) is 0 Å². The molecule has 0 heterocycles. The van der Waals surface area contributed by atoms with Crippen LogP contribution in [0.1, 0.15) is 19.8 Å². The second-order valence-electron chi connectivity index (χ2n) is 4.44. The molecule has 0 fully saturated rings. The average Bonchev–Trinajstić information content (AvgIpc) is 2.45. The first kappa shape index (κ1) is 14.8. The van der Waals surface area contributed by atoms with Crippen LogP contribution in [0.3, 0.4) is 0 Å². The van der Waals surface area contributed by atoms with Crippen LogP contribution >= 0.6 is 0 Å². The average molecular weight is 254 g/mol. The van der Waals surface area contributed by atoms with Crippen molar-refractivity contribution in [2.45, 2.75) is 19.8 Å². The molecule has 0 saturated carbocycles. The molecule has 4 heteroatoms. The maximum absolute atomic E-state index is 9.31. The minimum Gasteiger partial charge on any atom is -0.497 e. The molecule has 0 bridgehead atoms. The van der Waals surface area contributed by atoms with Crippen LogP contribution in [0.5, 0.6) is 11.5 Å². The van der Waals surface area contributed by atoms with Gasteiger partial charge in [-0.15, -0.1) is 0 Å². The molecule has 0 aliphatic carbocycles. The van der Waals surface area contributed by atoms with E-state index in [0.29, 0.717) is 13.0 Å². The number of aliphatic hydroxyl groups excluding tert-OH is 2. The summed E-state index contributed by atoms with van der Waals surface area (Å²) in [5.74, 6) is 1.55. The lowest BCUT2D eigenvalue weighted by atomic mass is 9.84. The number of methoxy groups -OCH3 is 1. The standard InChI is InChI=1S/C14H22O4/c1-3-14(10-15,11-16)8-9-18-13-6-4-12(17-2)5-7-13/h4-7,15-16H,3,8-11H2,1-2H3. The molecule has 0 amide bonds. The summed E-state index contributed by atoms with van der Waals surface area (Å²) in [6.07, 6.45) is 1.36. The highest BCUT2D eigenvalue weighted by Gasteiger charge is 2.26. The van der Waals surface area contributed by atoms with E-state index < -0.39 is 5.41 Å². The second kappa shape index (κ2) is 7.24. The van der Waals surface area contributed by atoms with E-state index in [1.54, 1.807) is 7.11 Å². The van der Waals surface area contributed by atoms with E-state index in [0.717, 1.165) is 17.9 Å². The highest BCUT2D eigenvalue weighted by atomic mass is 16.5. The van der Waals surface area contributed by atoms with Crippen molar-refractivity contribution in [2.75, 3.05) is 26.9 Å². The third-order valence-electron chi connectivity index (χ3n) is 3.38. The summed E-state index contributed by atoms with van der Waals surface area (Å²) >= 11 is 0. The molecule has 18 heavy (non-hydrogen) atoms. The van der Waals surface area contributed by atoms with Crippen molar-refractivity contribution in [1.29, 1.82) is 0 Å². The molecule has 0 unspecified atom stereocenters. The molecule has 1 aromatic carbocycles. The number of aliphatic hydroxyl groups is 2. The lowest BCUT2D eigenvalue weighted by molar-refractivity contribution is 0.0324. The van der Waals surface area contributed by atoms with E-state index in [1.165, 1.54) is 0 Å². The molecule has 1 aromatic rings. The Labute approximate surface area is 108 Å². The minimum atomic E-state index is -0.438. The molecule has 0 aliphatic heterocycles. The van der Waals surface area contributed by atoms with Crippen molar-refractivity contribution in [2.24, 2.45) is 5.41 Å². The van der Waals surface area contributed by atoms with E-state index in [9.17, 15) is 10.2 Å². The number of hydrogen-bond donors (Lipinski definition) is 2.